The third kappa shape index (κ3) is 4.39. The number of carbonyl (C=O) groups is 1. The minimum Gasteiger partial charge on any atom is -0.341 e. The van der Waals surface area contributed by atoms with Crippen LogP contribution in [0.4, 0.5) is 0 Å². The van der Waals surface area contributed by atoms with E-state index in [2.05, 4.69) is 36.3 Å². The second-order valence-electron chi connectivity index (χ2n) is 8.01. The molecule has 0 spiro atoms. The number of hydrogen-bond acceptors (Lipinski definition) is 3. The Morgan fingerprint density at radius 3 is 2.79 bits per heavy atom. The number of carbonyl (C=O) groups excluding carboxylic acids is 1. The van der Waals surface area contributed by atoms with Crippen LogP contribution in [0.3, 0.4) is 0 Å². The maximum absolute atomic E-state index is 12.9. The summed E-state index contributed by atoms with van der Waals surface area (Å²) in [7, 11) is 0. The molecule has 0 bridgehead atoms. The number of likely N-dealkylation sites (tertiary alicyclic amines) is 1. The number of aromatic nitrogens is 2. The van der Waals surface area contributed by atoms with E-state index in [0.717, 1.165) is 44.2 Å². The predicted molar refractivity (Wildman–Crippen MR) is 115 cm³/mol. The van der Waals surface area contributed by atoms with Gasteiger partial charge in [-0.3, -0.25) is 9.59 Å². The molecule has 1 fully saturated rings. The predicted octanol–water partition coefficient (Wildman–Crippen LogP) is 3.58. The van der Waals surface area contributed by atoms with E-state index in [1.165, 1.54) is 15.8 Å². The molecule has 1 aliphatic rings. The van der Waals surface area contributed by atoms with Gasteiger partial charge in [0.25, 0.3) is 5.56 Å². The highest BCUT2D eigenvalue weighted by atomic mass is 16.2. The lowest BCUT2D eigenvalue weighted by Gasteiger charge is -2.33. The van der Waals surface area contributed by atoms with Crippen LogP contribution in [0.15, 0.2) is 59.5 Å². The standard InChI is InChI=1S/C24H27N3O2/c1-18-7-2-3-9-20(18)13-12-19-8-6-14-26(16-19)23(28)17-27-24(29)22-11-5-4-10-21(22)15-25-27/h2-5,7,9-11,15,19H,6,8,12-14,16-17H2,1H3/t19-/m0/s1. The second kappa shape index (κ2) is 8.60. The minimum absolute atomic E-state index is 0.00812. The van der Waals surface area contributed by atoms with Crippen molar-refractivity contribution >= 4 is 16.7 Å². The Morgan fingerprint density at radius 1 is 1.14 bits per heavy atom. The molecule has 2 aromatic carbocycles. The summed E-state index contributed by atoms with van der Waals surface area (Å²) in [6, 6.07) is 15.9. The van der Waals surface area contributed by atoms with Crippen molar-refractivity contribution in [1.29, 1.82) is 0 Å². The van der Waals surface area contributed by atoms with Crippen molar-refractivity contribution in [3.8, 4) is 0 Å². The summed E-state index contributed by atoms with van der Waals surface area (Å²) in [5.74, 6) is 0.490. The number of hydrogen-bond donors (Lipinski definition) is 0. The lowest BCUT2D eigenvalue weighted by Crippen LogP contribution is -2.43. The molecular formula is C24H27N3O2. The molecule has 1 atom stereocenters. The molecule has 1 aromatic heterocycles. The fourth-order valence-corrected chi connectivity index (χ4v) is 4.25. The van der Waals surface area contributed by atoms with E-state index in [1.807, 2.05) is 23.1 Å². The van der Waals surface area contributed by atoms with Crippen molar-refractivity contribution < 1.29 is 4.79 Å². The van der Waals surface area contributed by atoms with E-state index in [4.69, 9.17) is 0 Å². The number of rotatable bonds is 5. The highest BCUT2D eigenvalue weighted by molar-refractivity contribution is 5.81. The Balaban J connectivity index is 1.39. The normalized spacial score (nSPS) is 16.9. The molecule has 0 N–H and O–H groups in total. The van der Waals surface area contributed by atoms with Gasteiger partial charge in [0.05, 0.1) is 11.6 Å². The Kier molecular flexibility index (Phi) is 5.74. The number of piperidine rings is 1. The summed E-state index contributed by atoms with van der Waals surface area (Å²) >= 11 is 0. The van der Waals surface area contributed by atoms with Gasteiger partial charge in [-0.25, -0.2) is 4.68 Å². The first kappa shape index (κ1) is 19.4. The van der Waals surface area contributed by atoms with Gasteiger partial charge in [0, 0.05) is 18.5 Å². The molecule has 4 rings (SSSR count). The zero-order valence-corrected chi connectivity index (χ0v) is 16.9. The molecule has 29 heavy (non-hydrogen) atoms. The van der Waals surface area contributed by atoms with E-state index in [0.29, 0.717) is 11.3 Å². The van der Waals surface area contributed by atoms with Gasteiger partial charge in [0.2, 0.25) is 5.91 Å². The van der Waals surface area contributed by atoms with E-state index >= 15 is 0 Å². The molecule has 2 heterocycles. The monoisotopic (exact) mass is 389 g/mol. The maximum Gasteiger partial charge on any atom is 0.275 e. The molecule has 150 valence electrons. The van der Waals surface area contributed by atoms with E-state index in [1.54, 1.807) is 12.3 Å². The second-order valence-corrected chi connectivity index (χ2v) is 8.01. The number of fused-ring (bicyclic) bond motifs is 1. The summed E-state index contributed by atoms with van der Waals surface area (Å²) in [6.07, 6.45) is 5.97. The van der Waals surface area contributed by atoms with Gasteiger partial charge in [0.15, 0.2) is 0 Å². The number of aryl methyl sites for hydroxylation is 2. The molecule has 0 unspecified atom stereocenters. The first-order valence-electron chi connectivity index (χ1n) is 10.4. The lowest BCUT2D eigenvalue weighted by molar-refractivity contribution is -0.134. The van der Waals surface area contributed by atoms with Crippen molar-refractivity contribution in [3.05, 3.63) is 76.2 Å². The van der Waals surface area contributed by atoms with Crippen LogP contribution >= 0.6 is 0 Å². The highest BCUT2D eigenvalue weighted by Crippen LogP contribution is 2.23. The van der Waals surface area contributed by atoms with Gasteiger partial charge in [-0.05, 0) is 55.7 Å². The lowest BCUT2D eigenvalue weighted by atomic mass is 9.90. The van der Waals surface area contributed by atoms with E-state index in [9.17, 15) is 9.59 Å². The van der Waals surface area contributed by atoms with Crippen molar-refractivity contribution in [1.82, 2.24) is 14.7 Å². The summed E-state index contributed by atoms with van der Waals surface area (Å²) in [5, 5.41) is 5.61. The fraction of sp³-hybridized carbons (Fsp3) is 0.375. The number of benzene rings is 2. The van der Waals surface area contributed by atoms with Crippen molar-refractivity contribution in [2.45, 2.75) is 39.2 Å². The molecule has 5 nitrogen and oxygen atoms in total. The molecule has 0 radical (unpaired) electrons. The topological polar surface area (TPSA) is 55.2 Å². The maximum atomic E-state index is 12.9. The van der Waals surface area contributed by atoms with Crippen LogP contribution in [-0.2, 0) is 17.8 Å². The SMILES string of the molecule is Cc1ccccc1CC[C@@H]1CCCN(C(=O)Cn2ncc3ccccc3c2=O)C1. The average Bonchev–Trinajstić information content (AvgIpc) is 2.75. The van der Waals surface area contributed by atoms with Crippen molar-refractivity contribution in [2.75, 3.05) is 13.1 Å². The van der Waals surface area contributed by atoms with Gasteiger partial charge in [-0.15, -0.1) is 0 Å². The fourth-order valence-electron chi connectivity index (χ4n) is 4.25. The van der Waals surface area contributed by atoms with Gasteiger partial charge < -0.3 is 4.90 Å². The quantitative estimate of drug-likeness (QED) is 0.670. The van der Waals surface area contributed by atoms with E-state index in [-0.39, 0.29) is 18.0 Å². The van der Waals surface area contributed by atoms with Crippen LogP contribution < -0.4 is 5.56 Å². The van der Waals surface area contributed by atoms with Crippen LogP contribution in [0.5, 0.6) is 0 Å². The van der Waals surface area contributed by atoms with Crippen LogP contribution in [0.2, 0.25) is 0 Å². The zero-order chi connectivity index (χ0) is 20.2. The van der Waals surface area contributed by atoms with Gasteiger partial charge in [-0.2, -0.15) is 5.10 Å². The first-order chi connectivity index (χ1) is 14.1. The molecule has 0 aliphatic carbocycles. The molecule has 3 aromatic rings. The highest BCUT2D eigenvalue weighted by Gasteiger charge is 2.24. The first-order valence-corrected chi connectivity index (χ1v) is 10.4. The molecule has 1 aliphatic heterocycles. The molecular weight excluding hydrogens is 362 g/mol. The van der Waals surface area contributed by atoms with Crippen molar-refractivity contribution in [2.24, 2.45) is 5.92 Å². The van der Waals surface area contributed by atoms with Crippen LogP contribution in [0.25, 0.3) is 10.8 Å². The van der Waals surface area contributed by atoms with Crippen LogP contribution in [-0.4, -0.2) is 33.7 Å². The smallest absolute Gasteiger partial charge is 0.275 e. The van der Waals surface area contributed by atoms with Crippen molar-refractivity contribution in [3.63, 3.8) is 0 Å². The van der Waals surface area contributed by atoms with Crippen LogP contribution in [0, 0.1) is 12.8 Å². The Labute approximate surface area is 171 Å². The molecule has 1 saturated heterocycles. The Morgan fingerprint density at radius 2 is 1.93 bits per heavy atom. The third-order valence-electron chi connectivity index (χ3n) is 6.00. The zero-order valence-electron chi connectivity index (χ0n) is 16.9. The minimum atomic E-state index is -0.204. The Bertz CT molecular complexity index is 1070. The Hall–Kier alpha value is -2.95. The van der Waals surface area contributed by atoms with Gasteiger partial charge in [0.1, 0.15) is 6.54 Å². The largest absolute Gasteiger partial charge is 0.341 e. The summed E-state index contributed by atoms with van der Waals surface area (Å²) in [4.78, 5) is 27.4. The molecule has 5 heteroatoms. The van der Waals surface area contributed by atoms with Gasteiger partial charge >= 0.3 is 0 Å². The number of amides is 1. The third-order valence-corrected chi connectivity index (χ3v) is 6.00. The summed E-state index contributed by atoms with van der Waals surface area (Å²) in [6.45, 7) is 3.70. The number of nitrogens with zero attached hydrogens (tertiary/aromatic N) is 3. The summed E-state index contributed by atoms with van der Waals surface area (Å²) < 4.78 is 1.29. The summed E-state index contributed by atoms with van der Waals surface area (Å²) in [5.41, 5.74) is 2.52. The van der Waals surface area contributed by atoms with Crippen LogP contribution in [0.1, 0.15) is 30.4 Å². The van der Waals surface area contributed by atoms with Gasteiger partial charge in [-0.1, -0.05) is 42.5 Å². The molecule has 0 saturated carbocycles. The average molecular weight is 389 g/mol. The molecule has 1 amide bonds. The van der Waals surface area contributed by atoms with E-state index < -0.39 is 0 Å².